The first kappa shape index (κ1) is 9.39. The minimum absolute atomic E-state index is 0.251. The number of hydrogen-bond acceptors (Lipinski definition) is 5. The lowest BCUT2D eigenvalue weighted by Crippen LogP contribution is -2.22. The highest BCUT2D eigenvalue weighted by molar-refractivity contribution is 7.09. The molecule has 5 nitrogen and oxygen atoms in total. The molecule has 0 spiro atoms. The summed E-state index contributed by atoms with van der Waals surface area (Å²) in [7, 11) is 0. The number of nitrogens with zero attached hydrogens (tertiary/aromatic N) is 3. The summed E-state index contributed by atoms with van der Waals surface area (Å²) in [6.07, 6.45) is 0.702. The molecule has 0 aromatic carbocycles. The monoisotopic (exact) mass is 213 g/mol. The van der Waals surface area contributed by atoms with E-state index in [-0.39, 0.29) is 5.92 Å². The third kappa shape index (κ3) is 1.70. The summed E-state index contributed by atoms with van der Waals surface area (Å²) in [4.78, 5) is 16.9. The molecular formula is C8H11N3O2S. The zero-order valence-corrected chi connectivity index (χ0v) is 8.62. The van der Waals surface area contributed by atoms with Crippen molar-refractivity contribution in [2.24, 2.45) is 5.92 Å². The maximum absolute atomic E-state index is 10.7. The van der Waals surface area contributed by atoms with E-state index in [2.05, 4.69) is 9.36 Å². The molecule has 1 saturated heterocycles. The van der Waals surface area contributed by atoms with Gasteiger partial charge in [-0.15, -0.1) is 0 Å². The first-order valence-electron chi connectivity index (χ1n) is 4.45. The van der Waals surface area contributed by atoms with Gasteiger partial charge in [-0.25, -0.2) is 4.98 Å². The molecule has 1 aliphatic rings. The summed E-state index contributed by atoms with van der Waals surface area (Å²) in [6.45, 7) is 3.17. The van der Waals surface area contributed by atoms with Gasteiger partial charge in [0.1, 0.15) is 5.82 Å². The zero-order valence-electron chi connectivity index (χ0n) is 7.80. The Labute approximate surface area is 85.6 Å². The standard InChI is InChI=1S/C8H11N3O2S/c1-5-9-8(14-10-5)11-3-2-6(4-11)7(12)13/h6H,2-4H2,1H3,(H,12,13). The molecule has 0 radical (unpaired) electrons. The van der Waals surface area contributed by atoms with Gasteiger partial charge in [0.25, 0.3) is 0 Å². The van der Waals surface area contributed by atoms with Gasteiger partial charge in [-0.1, -0.05) is 0 Å². The van der Waals surface area contributed by atoms with Gasteiger partial charge in [-0.05, 0) is 13.3 Å². The summed E-state index contributed by atoms with van der Waals surface area (Å²) in [5.74, 6) is -0.211. The summed E-state index contributed by atoms with van der Waals surface area (Å²) < 4.78 is 4.07. The Balaban J connectivity index is 2.05. The lowest BCUT2D eigenvalue weighted by molar-refractivity contribution is -0.140. The molecule has 6 heteroatoms. The van der Waals surface area contributed by atoms with Crippen LogP contribution in [0.25, 0.3) is 0 Å². The molecule has 2 heterocycles. The van der Waals surface area contributed by atoms with Crippen molar-refractivity contribution in [3.8, 4) is 0 Å². The van der Waals surface area contributed by atoms with E-state index >= 15 is 0 Å². The molecule has 1 fully saturated rings. The van der Waals surface area contributed by atoms with Gasteiger partial charge in [-0.2, -0.15) is 4.37 Å². The van der Waals surface area contributed by atoms with Crippen LogP contribution in [0.2, 0.25) is 0 Å². The summed E-state index contributed by atoms with van der Waals surface area (Å²) in [5.41, 5.74) is 0. The van der Waals surface area contributed by atoms with E-state index in [1.54, 1.807) is 0 Å². The van der Waals surface area contributed by atoms with Crippen LogP contribution >= 0.6 is 11.5 Å². The first-order chi connectivity index (χ1) is 6.66. The Morgan fingerprint density at radius 1 is 1.71 bits per heavy atom. The third-order valence-electron chi connectivity index (χ3n) is 2.32. The van der Waals surface area contributed by atoms with Crippen LogP contribution in [-0.2, 0) is 4.79 Å². The third-order valence-corrected chi connectivity index (χ3v) is 3.19. The number of aromatic nitrogens is 2. The topological polar surface area (TPSA) is 66.3 Å². The highest BCUT2D eigenvalue weighted by Crippen LogP contribution is 2.25. The van der Waals surface area contributed by atoms with Crippen molar-refractivity contribution >= 4 is 22.6 Å². The van der Waals surface area contributed by atoms with E-state index in [0.717, 1.165) is 17.5 Å². The van der Waals surface area contributed by atoms with Crippen LogP contribution in [0, 0.1) is 12.8 Å². The van der Waals surface area contributed by atoms with Gasteiger partial charge in [-0.3, -0.25) is 4.79 Å². The molecule has 1 aromatic heterocycles. The van der Waals surface area contributed by atoms with Crippen molar-refractivity contribution in [3.05, 3.63) is 5.82 Å². The van der Waals surface area contributed by atoms with Crippen molar-refractivity contribution in [2.45, 2.75) is 13.3 Å². The normalized spacial score (nSPS) is 21.5. The zero-order chi connectivity index (χ0) is 10.1. The molecule has 1 N–H and O–H groups in total. The van der Waals surface area contributed by atoms with Crippen LogP contribution in [0.1, 0.15) is 12.2 Å². The van der Waals surface area contributed by atoms with Crippen LogP contribution in [0.5, 0.6) is 0 Å². The van der Waals surface area contributed by atoms with Gasteiger partial charge in [0.15, 0.2) is 0 Å². The van der Waals surface area contributed by atoms with Crippen molar-refractivity contribution in [2.75, 3.05) is 18.0 Å². The number of rotatable bonds is 2. The second kappa shape index (κ2) is 3.53. The second-order valence-corrected chi connectivity index (χ2v) is 4.12. The van der Waals surface area contributed by atoms with Crippen molar-refractivity contribution < 1.29 is 9.90 Å². The Hall–Kier alpha value is -1.17. The fraction of sp³-hybridized carbons (Fsp3) is 0.625. The molecule has 1 unspecified atom stereocenters. The SMILES string of the molecule is Cc1nsc(N2CCC(C(=O)O)C2)n1. The fourth-order valence-electron chi connectivity index (χ4n) is 1.55. The van der Waals surface area contributed by atoms with Crippen LogP contribution in [0.3, 0.4) is 0 Å². The van der Waals surface area contributed by atoms with E-state index in [4.69, 9.17) is 5.11 Å². The maximum atomic E-state index is 10.7. The Bertz CT molecular complexity index is 352. The highest BCUT2D eigenvalue weighted by Gasteiger charge is 2.29. The van der Waals surface area contributed by atoms with Crippen molar-refractivity contribution in [1.29, 1.82) is 0 Å². The Kier molecular flexibility index (Phi) is 2.37. The molecule has 14 heavy (non-hydrogen) atoms. The van der Waals surface area contributed by atoms with Gasteiger partial charge >= 0.3 is 5.97 Å². The molecule has 1 aliphatic heterocycles. The molecule has 1 atom stereocenters. The summed E-state index contributed by atoms with van der Waals surface area (Å²) in [6, 6.07) is 0. The highest BCUT2D eigenvalue weighted by atomic mass is 32.1. The minimum Gasteiger partial charge on any atom is -0.481 e. The average Bonchev–Trinajstić information content (AvgIpc) is 2.70. The molecule has 0 bridgehead atoms. The van der Waals surface area contributed by atoms with Crippen molar-refractivity contribution in [3.63, 3.8) is 0 Å². The van der Waals surface area contributed by atoms with Crippen LogP contribution < -0.4 is 4.90 Å². The number of hydrogen-bond donors (Lipinski definition) is 1. The number of carboxylic acids is 1. The molecule has 2 rings (SSSR count). The molecular weight excluding hydrogens is 202 g/mol. The van der Waals surface area contributed by atoms with E-state index in [0.29, 0.717) is 13.0 Å². The number of aryl methyl sites for hydroxylation is 1. The lowest BCUT2D eigenvalue weighted by atomic mass is 10.1. The summed E-state index contributed by atoms with van der Waals surface area (Å²) >= 11 is 1.33. The number of anilines is 1. The maximum Gasteiger partial charge on any atom is 0.308 e. The Morgan fingerprint density at radius 3 is 3.00 bits per heavy atom. The Morgan fingerprint density at radius 2 is 2.50 bits per heavy atom. The van der Waals surface area contributed by atoms with Crippen molar-refractivity contribution in [1.82, 2.24) is 9.36 Å². The fourth-order valence-corrected chi connectivity index (χ4v) is 2.26. The number of aliphatic carboxylic acids is 1. The largest absolute Gasteiger partial charge is 0.481 e. The molecule has 0 aliphatic carbocycles. The number of carboxylic acid groups (broad SMARTS) is 1. The predicted octanol–water partition coefficient (Wildman–Crippen LogP) is 0.757. The smallest absolute Gasteiger partial charge is 0.308 e. The molecule has 0 amide bonds. The quantitative estimate of drug-likeness (QED) is 0.785. The van der Waals surface area contributed by atoms with Gasteiger partial charge in [0, 0.05) is 24.6 Å². The lowest BCUT2D eigenvalue weighted by Gasteiger charge is -2.12. The predicted molar refractivity (Wildman–Crippen MR) is 52.6 cm³/mol. The van der Waals surface area contributed by atoms with E-state index in [1.165, 1.54) is 11.5 Å². The summed E-state index contributed by atoms with van der Waals surface area (Å²) in [5, 5.41) is 9.66. The van der Waals surface area contributed by atoms with Gasteiger partial charge in [0.05, 0.1) is 5.92 Å². The second-order valence-electron chi connectivity index (χ2n) is 3.39. The van der Waals surface area contributed by atoms with Crippen LogP contribution in [-0.4, -0.2) is 33.5 Å². The molecule has 1 aromatic rings. The van der Waals surface area contributed by atoms with Crippen LogP contribution in [0.15, 0.2) is 0 Å². The van der Waals surface area contributed by atoms with Gasteiger partial charge in [0.2, 0.25) is 5.13 Å². The minimum atomic E-state index is -0.714. The number of carbonyl (C=O) groups is 1. The van der Waals surface area contributed by atoms with E-state index < -0.39 is 5.97 Å². The van der Waals surface area contributed by atoms with Gasteiger partial charge < -0.3 is 10.0 Å². The van der Waals surface area contributed by atoms with E-state index in [9.17, 15) is 4.79 Å². The first-order valence-corrected chi connectivity index (χ1v) is 5.22. The molecule has 0 saturated carbocycles. The molecule has 76 valence electrons. The average molecular weight is 213 g/mol. The van der Waals surface area contributed by atoms with Crippen LogP contribution in [0.4, 0.5) is 5.13 Å². The van der Waals surface area contributed by atoms with E-state index in [1.807, 2.05) is 11.8 Å².